The quantitative estimate of drug-likeness (QED) is 0.937. The van der Waals surface area contributed by atoms with Crippen LogP contribution in [0.4, 0.5) is 11.4 Å². The van der Waals surface area contributed by atoms with Crippen LogP contribution in [0.2, 0.25) is 0 Å². The van der Waals surface area contributed by atoms with E-state index in [1.807, 2.05) is 0 Å². The molecule has 7 heteroatoms. The number of nitrogens with one attached hydrogen (secondary N) is 1. The van der Waals surface area contributed by atoms with Gasteiger partial charge in [0.1, 0.15) is 0 Å². The highest BCUT2D eigenvalue weighted by Crippen LogP contribution is 2.24. The third-order valence-electron chi connectivity index (χ3n) is 3.44. The molecule has 1 aliphatic rings. The van der Waals surface area contributed by atoms with Gasteiger partial charge >= 0.3 is 0 Å². The summed E-state index contributed by atoms with van der Waals surface area (Å²) < 4.78 is 25.1. The molecule has 1 saturated heterocycles. The molecule has 1 aliphatic heterocycles. The number of carbonyl (C=O) groups excluding carboxylic acids is 1. The van der Waals surface area contributed by atoms with Gasteiger partial charge in [0.15, 0.2) is 0 Å². The highest BCUT2D eigenvalue weighted by atomic mass is 32.2. The van der Waals surface area contributed by atoms with Crippen molar-refractivity contribution in [3.05, 3.63) is 54.4 Å². The molecule has 0 atom stereocenters. The van der Waals surface area contributed by atoms with E-state index in [4.69, 9.17) is 0 Å². The Morgan fingerprint density at radius 1 is 1.18 bits per heavy atom. The minimum Gasteiger partial charge on any atom is -0.321 e. The molecule has 1 aromatic carbocycles. The molecule has 1 fully saturated rings. The topological polar surface area (TPSA) is 79.4 Å². The summed E-state index contributed by atoms with van der Waals surface area (Å²) in [6, 6.07) is 10.0. The largest absolute Gasteiger partial charge is 0.321 e. The number of nitrogens with zero attached hydrogens (tertiary/aromatic N) is 2. The highest BCUT2D eigenvalue weighted by molar-refractivity contribution is 7.93. The van der Waals surface area contributed by atoms with Crippen molar-refractivity contribution in [2.75, 3.05) is 21.9 Å². The summed E-state index contributed by atoms with van der Waals surface area (Å²) in [5.74, 6) is -0.0835. The van der Waals surface area contributed by atoms with Gasteiger partial charge in [-0.3, -0.25) is 14.1 Å². The average molecular weight is 317 g/mol. The van der Waals surface area contributed by atoms with Crippen molar-refractivity contribution >= 4 is 27.3 Å². The number of rotatable bonds is 3. The average Bonchev–Trinajstić information content (AvgIpc) is 2.88. The second kappa shape index (κ2) is 5.76. The maximum Gasteiger partial charge on any atom is 0.255 e. The van der Waals surface area contributed by atoms with Crippen LogP contribution in [0.25, 0.3) is 0 Å². The van der Waals surface area contributed by atoms with Gasteiger partial charge in [-0.15, -0.1) is 0 Å². The van der Waals surface area contributed by atoms with Gasteiger partial charge in [0.2, 0.25) is 10.0 Å². The van der Waals surface area contributed by atoms with Gasteiger partial charge < -0.3 is 5.32 Å². The lowest BCUT2D eigenvalue weighted by Gasteiger charge is -2.17. The summed E-state index contributed by atoms with van der Waals surface area (Å²) in [6.07, 6.45) is 3.82. The van der Waals surface area contributed by atoms with Crippen LogP contribution < -0.4 is 9.62 Å². The van der Waals surface area contributed by atoms with Crippen LogP contribution in [0.1, 0.15) is 16.8 Å². The van der Waals surface area contributed by atoms with Crippen LogP contribution in [0.3, 0.4) is 0 Å². The fourth-order valence-corrected chi connectivity index (χ4v) is 3.91. The molecule has 3 rings (SSSR count). The molecule has 2 aromatic rings. The van der Waals surface area contributed by atoms with E-state index in [2.05, 4.69) is 10.3 Å². The van der Waals surface area contributed by atoms with Crippen LogP contribution in [0.15, 0.2) is 48.8 Å². The van der Waals surface area contributed by atoms with Crippen molar-refractivity contribution < 1.29 is 13.2 Å². The molecule has 6 nitrogen and oxygen atoms in total. The fourth-order valence-electron chi connectivity index (χ4n) is 2.35. The Labute approximate surface area is 128 Å². The molecule has 0 spiro atoms. The molecule has 1 N–H and O–H groups in total. The molecule has 0 radical (unpaired) electrons. The maximum absolute atomic E-state index is 12.1. The van der Waals surface area contributed by atoms with E-state index in [9.17, 15) is 13.2 Å². The van der Waals surface area contributed by atoms with Gasteiger partial charge in [-0.25, -0.2) is 8.42 Å². The summed E-state index contributed by atoms with van der Waals surface area (Å²) in [5.41, 5.74) is 1.67. The molecule has 0 bridgehead atoms. The van der Waals surface area contributed by atoms with E-state index >= 15 is 0 Å². The van der Waals surface area contributed by atoms with Gasteiger partial charge in [-0.2, -0.15) is 0 Å². The lowest BCUT2D eigenvalue weighted by atomic mass is 10.2. The van der Waals surface area contributed by atoms with Crippen LogP contribution >= 0.6 is 0 Å². The molecule has 0 aliphatic carbocycles. The van der Waals surface area contributed by atoms with E-state index in [-0.39, 0.29) is 11.7 Å². The van der Waals surface area contributed by atoms with Gasteiger partial charge in [-0.05, 0) is 42.8 Å². The molecule has 2 heterocycles. The third-order valence-corrected chi connectivity index (χ3v) is 5.31. The molecule has 0 unspecified atom stereocenters. The van der Waals surface area contributed by atoms with Crippen LogP contribution in [0, 0.1) is 0 Å². The maximum atomic E-state index is 12.1. The summed E-state index contributed by atoms with van der Waals surface area (Å²) in [5, 5.41) is 2.73. The fraction of sp³-hybridized carbons (Fsp3) is 0.200. The zero-order valence-corrected chi connectivity index (χ0v) is 12.6. The Balaban J connectivity index is 1.75. The zero-order valence-electron chi connectivity index (χ0n) is 11.8. The standard InChI is InChI=1S/C15H15N3O3S/c19-15(17-13-3-1-8-16-11-13)12-4-6-14(7-5-12)18-9-2-10-22(18,20)21/h1,3-8,11H,2,9-10H2,(H,17,19). The van der Waals surface area contributed by atoms with E-state index in [1.54, 1.807) is 48.8 Å². The Morgan fingerprint density at radius 3 is 2.55 bits per heavy atom. The SMILES string of the molecule is O=C(Nc1cccnc1)c1ccc(N2CCCS2(=O)=O)cc1. The van der Waals surface area contributed by atoms with Crippen molar-refractivity contribution in [2.24, 2.45) is 0 Å². The summed E-state index contributed by atoms with van der Waals surface area (Å²) >= 11 is 0. The van der Waals surface area contributed by atoms with E-state index in [0.717, 1.165) is 0 Å². The first-order chi connectivity index (χ1) is 10.6. The monoisotopic (exact) mass is 317 g/mol. The van der Waals surface area contributed by atoms with E-state index < -0.39 is 10.0 Å². The first-order valence-corrected chi connectivity index (χ1v) is 8.49. The number of carbonyl (C=O) groups is 1. The molecule has 0 saturated carbocycles. The first-order valence-electron chi connectivity index (χ1n) is 6.88. The normalized spacial score (nSPS) is 16.5. The van der Waals surface area contributed by atoms with E-state index in [1.165, 1.54) is 4.31 Å². The Kier molecular flexibility index (Phi) is 3.81. The Morgan fingerprint density at radius 2 is 1.95 bits per heavy atom. The number of amides is 1. The zero-order chi connectivity index (χ0) is 15.6. The second-order valence-corrected chi connectivity index (χ2v) is 7.00. The third kappa shape index (κ3) is 2.94. The number of hydrogen-bond donors (Lipinski definition) is 1. The summed E-state index contributed by atoms with van der Waals surface area (Å²) in [4.78, 5) is 16.0. The molecule has 114 valence electrons. The number of aromatic nitrogens is 1. The number of sulfonamides is 1. The lowest BCUT2D eigenvalue weighted by Crippen LogP contribution is -2.25. The molecular formula is C15H15N3O3S. The second-order valence-electron chi connectivity index (χ2n) is 4.98. The molecule has 1 amide bonds. The number of pyridine rings is 1. The minimum absolute atomic E-state index is 0.177. The molecular weight excluding hydrogens is 302 g/mol. The van der Waals surface area contributed by atoms with Crippen molar-refractivity contribution in [3.8, 4) is 0 Å². The van der Waals surface area contributed by atoms with Crippen molar-refractivity contribution in [1.82, 2.24) is 4.98 Å². The minimum atomic E-state index is -3.20. The highest BCUT2D eigenvalue weighted by Gasteiger charge is 2.28. The molecule has 22 heavy (non-hydrogen) atoms. The van der Waals surface area contributed by atoms with Crippen molar-refractivity contribution in [2.45, 2.75) is 6.42 Å². The molecule has 1 aromatic heterocycles. The predicted octanol–water partition coefficient (Wildman–Crippen LogP) is 1.87. The first kappa shape index (κ1) is 14.5. The number of benzene rings is 1. The van der Waals surface area contributed by atoms with Crippen molar-refractivity contribution in [1.29, 1.82) is 0 Å². The summed E-state index contributed by atoms with van der Waals surface area (Å²) in [7, 11) is -3.20. The van der Waals surface area contributed by atoms with Gasteiger partial charge in [-0.1, -0.05) is 0 Å². The van der Waals surface area contributed by atoms with E-state index in [0.29, 0.717) is 29.9 Å². The number of anilines is 2. The Bertz CT molecular complexity index is 773. The van der Waals surface area contributed by atoms with Gasteiger partial charge in [0, 0.05) is 18.3 Å². The van der Waals surface area contributed by atoms with Crippen LogP contribution in [0.5, 0.6) is 0 Å². The van der Waals surface area contributed by atoms with Crippen molar-refractivity contribution in [3.63, 3.8) is 0 Å². The lowest BCUT2D eigenvalue weighted by molar-refractivity contribution is 0.102. The summed E-state index contributed by atoms with van der Waals surface area (Å²) in [6.45, 7) is 0.490. The van der Waals surface area contributed by atoms with Crippen LogP contribution in [-0.2, 0) is 10.0 Å². The smallest absolute Gasteiger partial charge is 0.255 e. The van der Waals surface area contributed by atoms with Gasteiger partial charge in [0.05, 0.1) is 23.3 Å². The van der Waals surface area contributed by atoms with Gasteiger partial charge in [0.25, 0.3) is 5.91 Å². The predicted molar refractivity (Wildman–Crippen MR) is 84.4 cm³/mol. The number of hydrogen-bond acceptors (Lipinski definition) is 4. The Hall–Kier alpha value is -2.41. The van der Waals surface area contributed by atoms with Crippen LogP contribution in [-0.4, -0.2) is 31.6 Å².